The molecule has 1 atom stereocenters. The molecule has 0 saturated carbocycles. The van der Waals surface area contributed by atoms with Gasteiger partial charge in [0, 0.05) is 26.6 Å². The molecular formula is C17H24N4O3. The lowest BCUT2D eigenvalue weighted by molar-refractivity contribution is -0.117. The maximum absolute atomic E-state index is 6.23. The summed E-state index contributed by atoms with van der Waals surface area (Å²) in [5.74, 6) is 2.58. The van der Waals surface area contributed by atoms with Gasteiger partial charge in [-0.1, -0.05) is 5.10 Å². The van der Waals surface area contributed by atoms with Crippen molar-refractivity contribution >= 4 is 6.01 Å². The fraction of sp³-hybridized carbons (Fsp3) is 0.647. The van der Waals surface area contributed by atoms with Crippen molar-refractivity contribution in [1.29, 1.82) is 0 Å². The molecule has 2 saturated heterocycles. The summed E-state index contributed by atoms with van der Waals surface area (Å²) in [7, 11) is 0. The molecule has 2 aliphatic rings. The third kappa shape index (κ3) is 3.18. The maximum atomic E-state index is 6.23. The number of anilines is 1. The van der Waals surface area contributed by atoms with Gasteiger partial charge < -0.3 is 18.5 Å². The maximum Gasteiger partial charge on any atom is 0.318 e. The molecule has 2 aromatic heterocycles. The van der Waals surface area contributed by atoms with Crippen molar-refractivity contribution in [2.75, 3.05) is 37.7 Å². The fourth-order valence-electron chi connectivity index (χ4n) is 3.77. The van der Waals surface area contributed by atoms with Crippen LogP contribution in [0.15, 0.2) is 21.0 Å². The molecular weight excluding hydrogens is 308 g/mol. The van der Waals surface area contributed by atoms with Crippen molar-refractivity contribution in [3.63, 3.8) is 0 Å². The minimum absolute atomic E-state index is 0.166. The zero-order chi connectivity index (χ0) is 16.6. The third-order valence-electron chi connectivity index (χ3n) is 4.83. The molecule has 4 rings (SSSR count). The topological polar surface area (TPSA) is 67.8 Å². The number of hydrogen-bond acceptors (Lipinski definition) is 7. The van der Waals surface area contributed by atoms with Crippen molar-refractivity contribution < 1.29 is 13.6 Å². The highest BCUT2D eigenvalue weighted by molar-refractivity contribution is 5.27. The summed E-state index contributed by atoms with van der Waals surface area (Å²) in [4.78, 5) is 4.58. The van der Waals surface area contributed by atoms with Crippen LogP contribution in [0.25, 0.3) is 0 Å². The normalized spacial score (nSPS) is 25.5. The first kappa shape index (κ1) is 15.7. The summed E-state index contributed by atoms with van der Waals surface area (Å²) in [6.07, 6.45) is 2.12. The Hall–Kier alpha value is -1.86. The predicted octanol–water partition coefficient (Wildman–Crippen LogP) is 2.15. The molecule has 1 spiro atoms. The second kappa shape index (κ2) is 6.22. The number of ether oxygens (including phenoxy) is 1. The highest BCUT2D eigenvalue weighted by Crippen LogP contribution is 2.31. The van der Waals surface area contributed by atoms with Gasteiger partial charge in [-0.3, -0.25) is 4.90 Å². The quantitative estimate of drug-likeness (QED) is 0.853. The van der Waals surface area contributed by atoms with Crippen molar-refractivity contribution in [1.82, 2.24) is 15.1 Å². The summed E-state index contributed by atoms with van der Waals surface area (Å²) < 4.78 is 17.6. The van der Waals surface area contributed by atoms with E-state index in [2.05, 4.69) is 26.1 Å². The molecule has 0 unspecified atom stereocenters. The van der Waals surface area contributed by atoms with Crippen LogP contribution >= 0.6 is 0 Å². The van der Waals surface area contributed by atoms with Gasteiger partial charge in [-0.25, -0.2) is 0 Å². The van der Waals surface area contributed by atoms with Gasteiger partial charge in [-0.2, -0.15) is 0 Å². The Morgan fingerprint density at radius 3 is 2.79 bits per heavy atom. The van der Waals surface area contributed by atoms with E-state index in [1.807, 2.05) is 19.9 Å². The fourth-order valence-corrected chi connectivity index (χ4v) is 3.77. The van der Waals surface area contributed by atoms with Crippen LogP contribution in [0.4, 0.5) is 6.01 Å². The van der Waals surface area contributed by atoms with E-state index in [1.165, 1.54) is 0 Å². The largest absolute Gasteiger partial charge is 0.465 e. The number of hydrogen-bond donors (Lipinski definition) is 0. The summed E-state index contributed by atoms with van der Waals surface area (Å²) in [5.41, 5.74) is -0.166. The van der Waals surface area contributed by atoms with Crippen molar-refractivity contribution in [3.05, 3.63) is 29.5 Å². The van der Waals surface area contributed by atoms with Gasteiger partial charge in [0.15, 0.2) is 0 Å². The zero-order valence-electron chi connectivity index (χ0n) is 14.3. The average molecular weight is 332 g/mol. The number of piperidine rings is 1. The number of aryl methyl sites for hydroxylation is 2. The van der Waals surface area contributed by atoms with E-state index in [-0.39, 0.29) is 5.60 Å². The first-order valence-electron chi connectivity index (χ1n) is 8.59. The van der Waals surface area contributed by atoms with E-state index in [1.54, 1.807) is 0 Å². The molecule has 2 fully saturated rings. The second-order valence-electron chi connectivity index (χ2n) is 6.88. The highest BCUT2D eigenvalue weighted by atomic mass is 16.5. The molecule has 4 heterocycles. The number of morpholine rings is 1. The Morgan fingerprint density at radius 1 is 1.12 bits per heavy atom. The highest BCUT2D eigenvalue weighted by Gasteiger charge is 2.41. The monoisotopic (exact) mass is 332 g/mol. The molecule has 0 aliphatic carbocycles. The molecule has 0 aromatic carbocycles. The Labute approximate surface area is 141 Å². The van der Waals surface area contributed by atoms with Crippen LogP contribution in [-0.2, 0) is 11.3 Å². The summed E-state index contributed by atoms with van der Waals surface area (Å²) in [6, 6.07) is 4.69. The predicted molar refractivity (Wildman–Crippen MR) is 87.9 cm³/mol. The average Bonchev–Trinajstić information content (AvgIpc) is 3.16. The van der Waals surface area contributed by atoms with Crippen LogP contribution in [0, 0.1) is 13.8 Å². The van der Waals surface area contributed by atoms with E-state index in [0.29, 0.717) is 11.9 Å². The molecule has 2 aromatic rings. The zero-order valence-corrected chi connectivity index (χ0v) is 14.3. The molecule has 7 nitrogen and oxygen atoms in total. The lowest BCUT2D eigenvalue weighted by atomic mass is 9.91. The van der Waals surface area contributed by atoms with Crippen molar-refractivity contribution in [3.8, 4) is 0 Å². The standard InChI is InChI=1S/C17H24N4O3/c1-13-4-5-15(23-13)10-20-8-9-22-17(11-20)6-3-7-21(12-17)16-19-18-14(2)24-16/h4-5H,3,6-12H2,1-2H3/t17-/m1/s1. The Kier molecular flexibility index (Phi) is 4.05. The molecule has 130 valence electrons. The molecule has 0 radical (unpaired) electrons. The van der Waals surface area contributed by atoms with Gasteiger partial charge in [0.05, 0.1) is 25.3 Å². The van der Waals surface area contributed by atoms with E-state index in [9.17, 15) is 0 Å². The van der Waals surface area contributed by atoms with Gasteiger partial charge >= 0.3 is 6.01 Å². The van der Waals surface area contributed by atoms with Crippen LogP contribution in [-0.4, -0.2) is 53.5 Å². The van der Waals surface area contributed by atoms with Crippen LogP contribution in [0.2, 0.25) is 0 Å². The number of nitrogens with zero attached hydrogens (tertiary/aromatic N) is 4. The molecule has 0 amide bonds. The molecule has 24 heavy (non-hydrogen) atoms. The van der Waals surface area contributed by atoms with E-state index < -0.39 is 0 Å². The number of furan rings is 1. The van der Waals surface area contributed by atoms with Gasteiger partial charge in [-0.15, -0.1) is 5.10 Å². The lowest BCUT2D eigenvalue weighted by Crippen LogP contribution is -2.59. The second-order valence-corrected chi connectivity index (χ2v) is 6.88. The van der Waals surface area contributed by atoms with Gasteiger partial charge in [0.1, 0.15) is 11.5 Å². The van der Waals surface area contributed by atoms with Crippen LogP contribution < -0.4 is 4.90 Å². The Balaban J connectivity index is 1.45. The molecule has 0 N–H and O–H groups in total. The molecule has 7 heteroatoms. The van der Waals surface area contributed by atoms with Crippen molar-refractivity contribution in [2.24, 2.45) is 0 Å². The Morgan fingerprint density at radius 2 is 2.04 bits per heavy atom. The van der Waals surface area contributed by atoms with Gasteiger partial charge in [0.2, 0.25) is 5.89 Å². The summed E-state index contributed by atoms with van der Waals surface area (Å²) in [6.45, 7) is 8.94. The van der Waals surface area contributed by atoms with Crippen LogP contribution in [0.3, 0.4) is 0 Å². The summed E-state index contributed by atoms with van der Waals surface area (Å²) >= 11 is 0. The molecule has 2 aliphatic heterocycles. The summed E-state index contributed by atoms with van der Waals surface area (Å²) in [5, 5.41) is 8.11. The Bertz CT molecular complexity index is 694. The first-order valence-corrected chi connectivity index (χ1v) is 8.59. The number of rotatable bonds is 3. The minimum Gasteiger partial charge on any atom is -0.465 e. The van der Waals surface area contributed by atoms with Gasteiger partial charge in [-0.05, 0) is 31.9 Å². The molecule has 0 bridgehead atoms. The van der Waals surface area contributed by atoms with Gasteiger partial charge in [0.25, 0.3) is 0 Å². The van der Waals surface area contributed by atoms with E-state index in [4.69, 9.17) is 13.6 Å². The SMILES string of the molecule is Cc1ccc(CN2CCO[C@]3(CCCN(c4nnc(C)o4)C3)C2)o1. The van der Waals surface area contributed by atoms with Crippen molar-refractivity contribution in [2.45, 2.75) is 38.8 Å². The van der Waals surface area contributed by atoms with Crippen LogP contribution in [0.1, 0.15) is 30.3 Å². The minimum atomic E-state index is -0.166. The number of aromatic nitrogens is 2. The van der Waals surface area contributed by atoms with Crippen LogP contribution in [0.5, 0.6) is 0 Å². The lowest BCUT2D eigenvalue weighted by Gasteiger charge is -2.47. The first-order chi connectivity index (χ1) is 11.6. The third-order valence-corrected chi connectivity index (χ3v) is 4.83. The smallest absolute Gasteiger partial charge is 0.318 e. The van der Waals surface area contributed by atoms with E-state index in [0.717, 1.165) is 63.7 Å². The van der Waals surface area contributed by atoms with E-state index >= 15 is 0 Å².